The first-order valence-corrected chi connectivity index (χ1v) is 4.35. The van der Waals surface area contributed by atoms with E-state index in [1.54, 1.807) is 12.3 Å². The minimum Gasteiger partial charge on any atom is -0.288 e. The second-order valence-electron chi connectivity index (χ2n) is 3.06. The highest BCUT2D eigenvalue weighted by Gasteiger charge is 1.91. The third-order valence-electron chi connectivity index (χ3n) is 1.51. The second kappa shape index (κ2) is 4.55. The van der Waals surface area contributed by atoms with Crippen molar-refractivity contribution >= 4 is 12.3 Å². The number of hydrogen-bond donors (Lipinski definition) is 0. The summed E-state index contributed by atoms with van der Waals surface area (Å²) in [5, 5.41) is 0. The lowest BCUT2D eigenvalue weighted by molar-refractivity contribution is 0.840. The molecule has 0 N–H and O–H groups in total. The van der Waals surface area contributed by atoms with E-state index in [0.717, 1.165) is 11.4 Å². The molecular formula is C11H14N2. The minimum atomic E-state index is 0.314. The van der Waals surface area contributed by atoms with Gasteiger partial charge in [-0.25, -0.2) is 4.98 Å². The summed E-state index contributed by atoms with van der Waals surface area (Å²) in [5.41, 5.74) is 1.76. The molecule has 1 aromatic rings. The summed E-state index contributed by atoms with van der Waals surface area (Å²) < 4.78 is 0. The quantitative estimate of drug-likeness (QED) is 0.646. The van der Waals surface area contributed by atoms with Gasteiger partial charge in [-0.2, -0.15) is 0 Å². The summed E-state index contributed by atoms with van der Waals surface area (Å²) in [6.07, 6.45) is 3.52. The molecule has 2 heteroatoms. The molecule has 0 fully saturated rings. The van der Waals surface area contributed by atoms with Gasteiger partial charge in [-0.3, -0.25) is 4.99 Å². The lowest BCUT2D eigenvalue weighted by atomic mass is 10.3. The Kier molecular flexibility index (Phi) is 3.38. The van der Waals surface area contributed by atoms with E-state index < -0.39 is 0 Å². The highest BCUT2D eigenvalue weighted by Crippen LogP contribution is 1.98. The van der Waals surface area contributed by atoms with Crippen molar-refractivity contribution < 1.29 is 0 Å². The van der Waals surface area contributed by atoms with Crippen LogP contribution >= 0.6 is 0 Å². The van der Waals surface area contributed by atoms with E-state index in [9.17, 15) is 0 Å². The Hall–Kier alpha value is -1.44. The van der Waals surface area contributed by atoms with Crippen LogP contribution in [-0.4, -0.2) is 17.2 Å². The second-order valence-corrected chi connectivity index (χ2v) is 3.06. The Morgan fingerprint density at radius 2 is 2.08 bits per heavy atom. The molecule has 0 unspecified atom stereocenters. The molecule has 0 bridgehead atoms. The SMILES string of the molecule is C=Cc1cccc(C=NC(C)C)n1. The molecule has 0 spiro atoms. The maximum atomic E-state index is 4.30. The Labute approximate surface area is 79.0 Å². The molecule has 1 rings (SSSR count). The molecule has 0 aromatic carbocycles. The zero-order valence-corrected chi connectivity index (χ0v) is 8.07. The molecule has 1 heterocycles. The van der Waals surface area contributed by atoms with E-state index in [4.69, 9.17) is 0 Å². The Morgan fingerprint density at radius 3 is 2.69 bits per heavy atom. The van der Waals surface area contributed by atoms with Crippen molar-refractivity contribution in [3.05, 3.63) is 36.2 Å². The summed E-state index contributed by atoms with van der Waals surface area (Å²) in [6, 6.07) is 6.11. The first-order chi connectivity index (χ1) is 6.22. The standard InChI is InChI=1S/C11H14N2/c1-4-10-6-5-7-11(13-10)8-12-9(2)3/h4-9H,1H2,2-3H3. The fourth-order valence-corrected chi connectivity index (χ4v) is 0.880. The normalized spacial score (nSPS) is 11.0. The van der Waals surface area contributed by atoms with Gasteiger partial charge in [-0.1, -0.05) is 12.6 Å². The first-order valence-electron chi connectivity index (χ1n) is 4.35. The van der Waals surface area contributed by atoms with Crippen molar-refractivity contribution in [3.8, 4) is 0 Å². The Balaban J connectivity index is 2.83. The summed E-state index contributed by atoms with van der Waals surface area (Å²) >= 11 is 0. The number of nitrogens with zero attached hydrogens (tertiary/aromatic N) is 2. The lowest BCUT2D eigenvalue weighted by Crippen LogP contribution is -1.93. The fourth-order valence-electron chi connectivity index (χ4n) is 0.880. The van der Waals surface area contributed by atoms with Crippen LogP contribution in [0.5, 0.6) is 0 Å². The number of rotatable bonds is 3. The molecule has 1 aromatic heterocycles. The molecule has 0 saturated heterocycles. The molecule has 0 amide bonds. The van der Waals surface area contributed by atoms with Crippen LogP contribution in [0.15, 0.2) is 29.8 Å². The number of hydrogen-bond acceptors (Lipinski definition) is 2. The van der Waals surface area contributed by atoms with Crippen LogP contribution in [0.1, 0.15) is 25.2 Å². The van der Waals surface area contributed by atoms with E-state index in [1.807, 2.05) is 32.0 Å². The predicted octanol–water partition coefficient (Wildman–Crippen LogP) is 2.55. The van der Waals surface area contributed by atoms with Gasteiger partial charge in [0.05, 0.1) is 11.4 Å². The predicted molar refractivity (Wildman–Crippen MR) is 57.1 cm³/mol. The third kappa shape index (κ3) is 3.20. The summed E-state index contributed by atoms with van der Waals surface area (Å²) in [4.78, 5) is 8.54. The van der Waals surface area contributed by atoms with Crippen molar-refractivity contribution in [2.75, 3.05) is 0 Å². The topological polar surface area (TPSA) is 25.2 Å². The molecule has 0 aliphatic heterocycles. The fraction of sp³-hybridized carbons (Fsp3) is 0.273. The van der Waals surface area contributed by atoms with Crippen molar-refractivity contribution in [1.82, 2.24) is 4.98 Å². The number of aromatic nitrogens is 1. The smallest absolute Gasteiger partial charge is 0.0815 e. The third-order valence-corrected chi connectivity index (χ3v) is 1.51. The summed E-state index contributed by atoms with van der Waals surface area (Å²) in [5.74, 6) is 0. The molecule has 2 nitrogen and oxygen atoms in total. The van der Waals surface area contributed by atoms with E-state index >= 15 is 0 Å². The van der Waals surface area contributed by atoms with Crippen LogP contribution in [0.4, 0.5) is 0 Å². The van der Waals surface area contributed by atoms with E-state index in [2.05, 4.69) is 16.6 Å². The molecule has 68 valence electrons. The molecule has 0 atom stereocenters. The lowest BCUT2D eigenvalue weighted by Gasteiger charge is -1.96. The summed E-state index contributed by atoms with van der Waals surface area (Å²) in [7, 11) is 0. The molecule has 0 radical (unpaired) electrons. The van der Waals surface area contributed by atoms with Crippen LogP contribution < -0.4 is 0 Å². The van der Waals surface area contributed by atoms with Gasteiger partial charge in [-0.05, 0) is 32.1 Å². The molecule has 0 saturated carbocycles. The highest BCUT2D eigenvalue weighted by molar-refractivity contribution is 5.77. The highest BCUT2D eigenvalue weighted by atomic mass is 14.8. The van der Waals surface area contributed by atoms with Gasteiger partial charge in [0.25, 0.3) is 0 Å². The first kappa shape index (κ1) is 9.65. The van der Waals surface area contributed by atoms with Crippen LogP contribution in [-0.2, 0) is 0 Å². The monoisotopic (exact) mass is 174 g/mol. The van der Waals surface area contributed by atoms with Gasteiger partial charge >= 0.3 is 0 Å². The number of pyridine rings is 1. The van der Waals surface area contributed by atoms with Crippen LogP contribution in [0.25, 0.3) is 6.08 Å². The van der Waals surface area contributed by atoms with Gasteiger partial charge in [-0.15, -0.1) is 0 Å². The zero-order chi connectivity index (χ0) is 9.68. The molecular weight excluding hydrogens is 160 g/mol. The Bertz CT molecular complexity index is 314. The van der Waals surface area contributed by atoms with Crippen molar-refractivity contribution in [1.29, 1.82) is 0 Å². The molecule has 0 aliphatic carbocycles. The van der Waals surface area contributed by atoms with Crippen LogP contribution in [0, 0.1) is 0 Å². The van der Waals surface area contributed by atoms with Crippen LogP contribution in [0.2, 0.25) is 0 Å². The maximum Gasteiger partial charge on any atom is 0.0815 e. The van der Waals surface area contributed by atoms with Crippen molar-refractivity contribution in [3.63, 3.8) is 0 Å². The average Bonchev–Trinajstić information content (AvgIpc) is 2.15. The summed E-state index contributed by atoms with van der Waals surface area (Å²) in [6.45, 7) is 7.73. The van der Waals surface area contributed by atoms with E-state index in [0.29, 0.717) is 6.04 Å². The van der Waals surface area contributed by atoms with Gasteiger partial charge in [0.2, 0.25) is 0 Å². The van der Waals surface area contributed by atoms with Crippen molar-refractivity contribution in [2.45, 2.75) is 19.9 Å². The maximum absolute atomic E-state index is 4.30. The van der Waals surface area contributed by atoms with Crippen LogP contribution in [0.3, 0.4) is 0 Å². The van der Waals surface area contributed by atoms with Gasteiger partial charge in [0, 0.05) is 12.3 Å². The van der Waals surface area contributed by atoms with Crippen molar-refractivity contribution in [2.24, 2.45) is 4.99 Å². The molecule has 13 heavy (non-hydrogen) atoms. The average molecular weight is 174 g/mol. The minimum absolute atomic E-state index is 0.314. The Morgan fingerprint density at radius 1 is 1.38 bits per heavy atom. The van der Waals surface area contributed by atoms with Gasteiger partial charge in [0.15, 0.2) is 0 Å². The largest absolute Gasteiger partial charge is 0.288 e. The van der Waals surface area contributed by atoms with Gasteiger partial charge in [0.1, 0.15) is 0 Å². The van der Waals surface area contributed by atoms with E-state index in [-0.39, 0.29) is 0 Å². The number of aliphatic imine (C=N–C) groups is 1. The van der Waals surface area contributed by atoms with E-state index in [1.165, 1.54) is 0 Å². The van der Waals surface area contributed by atoms with Gasteiger partial charge < -0.3 is 0 Å². The zero-order valence-electron chi connectivity index (χ0n) is 8.07. The molecule has 0 aliphatic rings.